The molecule has 0 aliphatic carbocycles. The third-order valence-corrected chi connectivity index (χ3v) is 3.12. The van der Waals surface area contributed by atoms with Crippen molar-refractivity contribution in [1.29, 1.82) is 0 Å². The summed E-state index contributed by atoms with van der Waals surface area (Å²) < 4.78 is 10.2. The highest BCUT2D eigenvalue weighted by atomic mass is 16.7. The Bertz CT molecular complexity index is 656. The Morgan fingerprint density at radius 3 is 2.67 bits per heavy atom. The number of ether oxygens (including phenoxy) is 2. The van der Waals surface area contributed by atoms with E-state index in [-0.39, 0.29) is 5.69 Å². The van der Waals surface area contributed by atoms with Crippen LogP contribution in [-0.4, -0.2) is 37.0 Å². The number of nitro groups is 1. The van der Waals surface area contributed by atoms with Gasteiger partial charge in [-0.1, -0.05) is 0 Å². The number of benzene rings is 1. The number of nitrogens with one attached hydrogen (secondary N) is 1. The summed E-state index contributed by atoms with van der Waals surface area (Å²) in [5, 5.41) is 14.8. The number of nitrogens with zero attached hydrogens (tertiary/aromatic N) is 2. The molecule has 0 bridgehead atoms. The number of rotatable bonds is 6. The van der Waals surface area contributed by atoms with Crippen molar-refractivity contribution in [2.24, 2.45) is 0 Å². The zero-order valence-electron chi connectivity index (χ0n) is 12.1. The molecule has 0 amide bonds. The molecule has 2 rings (SSSR count). The highest BCUT2D eigenvalue weighted by Gasteiger charge is 2.12. The van der Waals surface area contributed by atoms with Crippen molar-refractivity contribution in [3.05, 3.63) is 40.1 Å². The van der Waals surface area contributed by atoms with Gasteiger partial charge in [0.2, 0.25) is 0 Å². The van der Waals surface area contributed by atoms with Crippen molar-refractivity contribution >= 4 is 22.3 Å². The number of methoxy groups -OCH3 is 2. The van der Waals surface area contributed by atoms with Crippen molar-refractivity contribution < 1.29 is 14.4 Å². The van der Waals surface area contributed by atoms with Gasteiger partial charge < -0.3 is 14.8 Å². The van der Waals surface area contributed by atoms with E-state index in [9.17, 15) is 10.1 Å². The molecule has 1 aromatic heterocycles. The number of fused-ring (bicyclic) bond motifs is 1. The van der Waals surface area contributed by atoms with Gasteiger partial charge in [0.1, 0.15) is 0 Å². The van der Waals surface area contributed by atoms with Crippen LogP contribution in [0, 0.1) is 17.0 Å². The van der Waals surface area contributed by atoms with E-state index in [1.54, 1.807) is 20.3 Å². The monoisotopic (exact) mass is 291 g/mol. The molecule has 0 aliphatic heterocycles. The first-order valence-electron chi connectivity index (χ1n) is 6.40. The van der Waals surface area contributed by atoms with Gasteiger partial charge in [0, 0.05) is 43.1 Å². The lowest BCUT2D eigenvalue weighted by Gasteiger charge is -2.16. The van der Waals surface area contributed by atoms with Gasteiger partial charge in [0.15, 0.2) is 6.29 Å². The second kappa shape index (κ2) is 6.47. The molecule has 7 heteroatoms. The summed E-state index contributed by atoms with van der Waals surface area (Å²) >= 11 is 0. The molecule has 1 aromatic carbocycles. The molecular formula is C14H17N3O4. The molecule has 1 N–H and O–H groups in total. The molecule has 1 heterocycles. The minimum atomic E-state index is -0.420. The molecule has 0 saturated heterocycles. The lowest BCUT2D eigenvalue weighted by atomic mass is 10.1. The quantitative estimate of drug-likeness (QED) is 0.500. The average Bonchev–Trinajstić information content (AvgIpc) is 2.47. The van der Waals surface area contributed by atoms with E-state index < -0.39 is 11.2 Å². The fraction of sp³-hybridized carbons (Fsp3) is 0.357. The van der Waals surface area contributed by atoms with Crippen LogP contribution in [0.4, 0.5) is 11.4 Å². The highest BCUT2D eigenvalue weighted by molar-refractivity contribution is 5.93. The number of anilines is 1. The zero-order chi connectivity index (χ0) is 15.4. The maximum absolute atomic E-state index is 10.9. The Kier molecular flexibility index (Phi) is 4.66. The maximum Gasteiger partial charge on any atom is 0.270 e. The van der Waals surface area contributed by atoms with Crippen LogP contribution in [0.15, 0.2) is 24.3 Å². The number of aromatic nitrogens is 1. The van der Waals surface area contributed by atoms with Crippen LogP contribution in [0.25, 0.3) is 10.9 Å². The van der Waals surface area contributed by atoms with Gasteiger partial charge >= 0.3 is 0 Å². The average molecular weight is 291 g/mol. The summed E-state index contributed by atoms with van der Waals surface area (Å²) in [4.78, 5) is 14.9. The standard InChI is InChI=1S/C14H17N3O4/c1-9-6-13(15-8-14(20-2)21-3)11-7-10(17(18)19)4-5-12(11)16-9/h4-7,14H,8H2,1-3H3,(H,15,16). The first-order valence-corrected chi connectivity index (χ1v) is 6.40. The van der Waals surface area contributed by atoms with Crippen LogP contribution in [0.1, 0.15) is 5.69 Å². The molecule has 0 spiro atoms. The molecule has 112 valence electrons. The minimum absolute atomic E-state index is 0.0336. The molecule has 0 atom stereocenters. The van der Waals surface area contributed by atoms with E-state index in [4.69, 9.17) is 9.47 Å². The molecule has 2 aromatic rings. The van der Waals surface area contributed by atoms with Crippen molar-refractivity contribution in [2.45, 2.75) is 13.2 Å². The molecule has 0 saturated carbocycles. The predicted molar refractivity (Wildman–Crippen MR) is 79.4 cm³/mol. The smallest absolute Gasteiger partial charge is 0.270 e. The molecule has 0 fully saturated rings. The van der Waals surface area contributed by atoms with E-state index in [2.05, 4.69) is 10.3 Å². The Labute approximate surface area is 122 Å². The van der Waals surface area contributed by atoms with Gasteiger partial charge in [-0.25, -0.2) is 0 Å². The topological polar surface area (TPSA) is 86.5 Å². The molecular weight excluding hydrogens is 274 g/mol. The van der Waals surface area contributed by atoms with Gasteiger partial charge in [0.25, 0.3) is 5.69 Å². The Hall–Kier alpha value is -2.25. The molecule has 0 aliphatic rings. The largest absolute Gasteiger partial charge is 0.379 e. The van der Waals surface area contributed by atoms with Crippen molar-refractivity contribution in [1.82, 2.24) is 4.98 Å². The molecule has 7 nitrogen and oxygen atoms in total. The number of nitro benzene ring substituents is 1. The SMILES string of the molecule is COC(CNc1cc(C)nc2ccc([N+](=O)[O-])cc12)OC. The van der Waals surface area contributed by atoms with Crippen LogP contribution in [0.3, 0.4) is 0 Å². The van der Waals surface area contributed by atoms with E-state index in [0.29, 0.717) is 17.4 Å². The molecule has 0 unspecified atom stereocenters. The van der Waals surface area contributed by atoms with Crippen LogP contribution in [-0.2, 0) is 9.47 Å². The van der Waals surface area contributed by atoms with Crippen LogP contribution < -0.4 is 5.32 Å². The third kappa shape index (κ3) is 3.45. The third-order valence-electron chi connectivity index (χ3n) is 3.12. The van der Waals surface area contributed by atoms with Gasteiger partial charge in [-0.3, -0.25) is 15.1 Å². The number of hydrogen-bond acceptors (Lipinski definition) is 6. The fourth-order valence-corrected chi connectivity index (χ4v) is 2.06. The summed E-state index contributed by atoms with van der Waals surface area (Å²) in [7, 11) is 3.10. The second-order valence-corrected chi connectivity index (χ2v) is 4.55. The lowest BCUT2D eigenvalue weighted by molar-refractivity contribution is -0.384. The van der Waals surface area contributed by atoms with Crippen molar-refractivity contribution in [3.63, 3.8) is 0 Å². The van der Waals surface area contributed by atoms with E-state index in [0.717, 1.165) is 11.4 Å². The summed E-state index contributed by atoms with van der Waals surface area (Å²) in [6.07, 6.45) is -0.396. The summed E-state index contributed by atoms with van der Waals surface area (Å²) in [6, 6.07) is 6.45. The highest BCUT2D eigenvalue weighted by Crippen LogP contribution is 2.27. The van der Waals surface area contributed by atoms with Gasteiger partial charge in [-0.05, 0) is 19.1 Å². The number of pyridine rings is 1. The Morgan fingerprint density at radius 1 is 1.33 bits per heavy atom. The Morgan fingerprint density at radius 2 is 2.05 bits per heavy atom. The molecule has 0 radical (unpaired) electrons. The normalized spacial score (nSPS) is 11.0. The summed E-state index contributed by atoms with van der Waals surface area (Å²) in [6.45, 7) is 2.30. The van der Waals surface area contributed by atoms with Gasteiger partial charge in [0.05, 0.1) is 17.0 Å². The van der Waals surface area contributed by atoms with E-state index >= 15 is 0 Å². The first kappa shape index (κ1) is 15.1. The number of non-ortho nitro benzene ring substituents is 1. The number of aryl methyl sites for hydroxylation is 1. The first-order chi connectivity index (χ1) is 10.0. The lowest BCUT2D eigenvalue weighted by Crippen LogP contribution is -2.23. The van der Waals surface area contributed by atoms with Gasteiger partial charge in [-0.2, -0.15) is 0 Å². The maximum atomic E-state index is 10.9. The molecule has 21 heavy (non-hydrogen) atoms. The fourth-order valence-electron chi connectivity index (χ4n) is 2.06. The van der Waals surface area contributed by atoms with Crippen molar-refractivity contribution in [2.75, 3.05) is 26.1 Å². The predicted octanol–water partition coefficient (Wildman–Crippen LogP) is 2.48. The summed E-state index contributed by atoms with van der Waals surface area (Å²) in [5.41, 5.74) is 2.33. The van der Waals surface area contributed by atoms with E-state index in [1.807, 2.05) is 13.0 Å². The summed E-state index contributed by atoms with van der Waals surface area (Å²) in [5.74, 6) is 0. The van der Waals surface area contributed by atoms with Crippen LogP contribution >= 0.6 is 0 Å². The minimum Gasteiger partial charge on any atom is -0.379 e. The zero-order valence-corrected chi connectivity index (χ0v) is 12.1. The van der Waals surface area contributed by atoms with Gasteiger partial charge in [-0.15, -0.1) is 0 Å². The second-order valence-electron chi connectivity index (χ2n) is 4.55. The van der Waals surface area contributed by atoms with Crippen molar-refractivity contribution in [3.8, 4) is 0 Å². The number of hydrogen-bond donors (Lipinski definition) is 1. The van der Waals surface area contributed by atoms with Crippen LogP contribution in [0.5, 0.6) is 0 Å². The van der Waals surface area contributed by atoms with Crippen LogP contribution in [0.2, 0.25) is 0 Å². The van der Waals surface area contributed by atoms with E-state index in [1.165, 1.54) is 12.1 Å². The Balaban J connectivity index is 2.40.